The Balaban J connectivity index is 1.16. The molecule has 2 aromatic carbocycles. The van der Waals surface area contributed by atoms with E-state index in [-0.39, 0.29) is 5.92 Å². The first-order valence-corrected chi connectivity index (χ1v) is 15.2. The number of rotatable bonds is 7. The van der Waals surface area contributed by atoms with Crippen LogP contribution >= 0.6 is 0 Å². The molecule has 0 radical (unpaired) electrons. The lowest BCUT2D eigenvalue weighted by Crippen LogP contribution is -2.31. The zero-order valence-electron chi connectivity index (χ0n) is 24.1. The third kappa shape index (κ3) is 5.50. The fourth-order valence-electron chi connectivity index (χ4n) is 6.88. The number of anilines is 1. The molecule has 7 rings (SSSR count). The van der Waals surface area contributed by atoms with Crippen LogP contribution in [0, 0.1) is 11.8 Å². The number of benzene rings is 2. The zero-order valence-corrected chi connectivity index (χ0v) is 24.1. The highest BCUT2D eigenvalue weighted by atomic mass is 16.4. The molecule has 5 aromatic rings. The molecular formula is C35H36N6O2. The number of nitrogen functional groups attached to an aromatic ring is 1. The maximum absolute atomic E-state index is 11.3. The maximum Gasteiger partial charge on any atom is 0.306 e. The Labute approximate surface area is 251 Å². The van der Waals surface area contributed by atoms with Crippen LogP contribution in [-0.4, -0.2) is 55.1 Å². The molecule has 8 heteroatoms. The Morgan fingerprint density at radius 2 is 1.67 bits per heavy atom. The lowest BCUT2D eigenvalue weighted by Gasteiger charge is -2.29. The number of nitrogens with zero attached hydrogens (tertiary/aromatic N) is 5. The van der Waals surface area contributed by atoms with E-state index < -0.39 is 5.97 Å². The number of likely N-dealkylation sites (tertiary alicyclic amines) is 1. The quantitative estimate of drug-likeness (QED) is 0.232. The van der Waals surface area contributed by atoms with Crippen LogP contribution in [0.15, 0.2) is 85.1 Å². The van der Waals surface area contributed by atoms with E-state index in [9.17, 15) is 9.90 Å². The summed E-state index contributed by atoms with van der Waals surface area (Å²) in [6.45, 7) is 3.22. The number of carboxylic acid groups (broad SMARTS) is 1. The van der Waals surface area contributed by atoms with Crippen molar-refractivity contribution in [3.05, 3.63) is 90.6 Å². The van der Waals surface area contributed by atoms with Crippen LogP contribution in [0.5, 0.6) is 0 Å². The fraction of sp³-hybridized carbons (Fsp3) is 0.314. The van der Waals surface area contributed by atoms with Gasteiger partial charge in [-0.15, -0.1) is 0 Å². The van der Waals surface area contributed by atoms with Gasteiger partial charge in [-0.3, -0.25) is 9.36 Å². The Kier molecular flexibility index (Phi) is 7.37. The normalized spacial score (nSPS) is 20.9. The first-order chi connectivity index (χ1) is 21.0. The summed E-state index contributed by atoms with van der Waals surface area (Å²) >= 11 is 0. The Morgan fingerprint density at radius 3 is 2.42 bits per heavy atom. The number of nitrogens with two attached hydrogens (primary N) is 1. The number of imidazole rings is 1. The van der Waals surface area contributed by atoms with Crippen molar-refractivity contribution < 1.29 is 9.90 Å². The van der Waals surface area contributed by atoms with E-state index >= 15 is 0 Å². The molecule has 2 fully saturated rings. The summed E-state index contributed by atoms with van der Waals surface area (Å²) in [7, 11) is 0. The van der Waals surface area contributed by atoms with Crippen LogP contribution in [0.2, 0.25) is 0 Å². The first kappa shape index (κ1) is 27.3. The molecule has 2 aliphatic rings. The molecule has 218 valence electrons. The molecule has 4 heterocycles. The number of aliphatic carboxylic acids is 1. The summed E-state index contributed by atoms with van der Waals surface area (Å²) in [5.41, 5.74) is 12.9. The molecule has 0 amide bonds. The third-order valence-corrected chi connectivity index (χ3v) is 9.26. The molecule has 3 aromatic heterocycles. The van der Waals surface area contributed by atoms with Gasteiger partial charge in [-0.1, -0.05) is 42.5 Å². The number of fused-ring (bicyclic) bond motifs is 1. The first-order valence-electron chi connectivity index (χ1n) is 15.2. The minimum Gasteiger partial charge on any atom is -0.481 e. The minimum atomic E-state index is -0.629. The average Bonchev–Trinajstić information content (AvgIpc) is 3.66. The van der Waals surface area contributed by atoms with Crippen LogP contribution in [0.3, 0.4) is 0 Å². The predicted molar refractivity (Wildman–Crippen MR) is 169 cm³/mol. The molecule has 3 N–H and O–H groups in total. The summed E-state index contributed by atoms with van der Waals surface area (Å²) in [6.07, 6.45) is 6.51. The summed E-state index contributed by atoms with van der Waals surface area (Å²) in [5.74, 6) is 1.47. The highest BCUT2D eigenvalue weighted by Gasteiger charge is 2.30. The lowest BCUT2D eigenvalue weighted by molar-refractivity contribution is -0.143. The Morgan fingerprint density at radius 1 is 0.884 bits per heavy atom. The number of hydrogen-bond acceptors (Lipinski definition) is 6. The van der Waals surface area contributed by atoms with Crippen molar-refractivity contribution in [2.75, 3.05) is 25.4 Å². The van der Waals surface area contributed by atoms with Gasteiger partial charge >= 0.3 is 5.97 Å². The average molecular weight is 573 g/mol. The molecule has 1 aliphatic heterocycles. The van der Waals surface area contributed by atoms with E-state index in [0.29, 0.717) is 17.7 Å². The van der Waals surface area contributed by atoms with Gasteiger partial charge in [0.2, 0.25) is 0 Å². The van der Waals surface area contributed by atoms with Crippen LogP contribution in [0.4, 0.5) is 5.82 Å². The predicted octanol–water partition coefficient (Wildman–Crippen LogP) is 6.41. The number of hydrogen-bond donors (Lipinski definition) is 2. The highest BCUT2D eigenvalue weighted by molar-refractivity contribution is 5.84. The topological polar surface area (TPSA) is 110 Å². The molecule has 0 bridgehead atoms. The lowest BCUT2D eigenvalue weighted by atomic mass is 9.82. The summed E-state index contributed by atoms with van der Waals surface area (Å²) < 4.78 is 2.09. The van der Waals surface area contributed by atoms with E-state index in [2.05, 4.69) is 50.8 Å². The van der Waals surface area contributed by atoms with Gasteiger partial charge in [-0.05, 0) is 92.4 Å². The van der Waals surface area contributed by atoms with Crippen molar-refractivity contribution in [2.24, 2.45) is 11.8 Å². The highest BCUT2D eigenvalue weighted by Crippen LogP contribution is 2.35. The molecule has 0 unspecified atom stereocenters. The second-order valence-corrected chi connectivity index (χ2v) is 12.0. The van der Waals surface area contributed by atoms with E-state index in [4.69, 9.17) is 15.7 Å². The SMILES string of the molecule is Nc1ncccc1-c1nc2ccc(-c3ccccc3)nc2n1-c1ccc([C@H]2CCN(C[C@H]3CC[C@H](C(=O)O)CC3)C2)cc1. The van der Waals surface area contributed by atoms with Crippen molar-refractivity contribution in [1.82, 2.24) is 24.4 Å². The molecular weight excluding hydrogens is 536 g/mol. The Hall–Kier alpha value is -4.56. The van der Waals surface area contributed by atoms with Crippen molar-refractivity contribution in [3.63, 3.8) is 0 Å². The third-order valence-electron chi connectivity index (χ3n) is 9.26. The van der Waals surface area contributed by atoms with E-state index in [0.717, 1.165) is 91.2 Å². The van der Waals surface area contributed by atoms with Crippen LogP contribution in [-0.2, 0) is 4.79 Å². The van der Waals surface area contributed by atoms with Crippen LogP contribution < -0.4 is 5.73 Å². The second kappa shape index (κ2) is 11.6. The summed E-state index contributed by atoms with van der Waals surface area (Å²) in [5, 5.41) is 9.32. The van der Waals surface area contributed by atoms with Gasteiger partial charge in [0.1, 0.15) is 11.3 Å². The van der Waals surface area contributed by atoms with Gasteiger partial charge in [-0.2, -0.15) is 0 Å². The fourth-order valence-corrected chi connectivity index (χ4v) is 6.88. The molecule has 1 saturated heterocycles. The molecule has 1 saturated carbocycles. The standard InChI is InChI=1S/C35H36N6O2/c36-32-29(7-4-19-37-32)33-39-31-17-16-30(25-5-2-1-3-6-25)38-34(31)41(33)28-14-12-24(13-15-28)27-18-20-40(22-27)21-23-8-10-26(11-9-23)35(42)43/h1-7,12-17,19,23,26-27H,8-11,18,20-22H2,(H2,36,37)(H,42,43)/t23-,26-,27-/m0/s1. The van der Waals surface area contributed by atoms with Crippen molar-refractivity contribution >= 4 is 23.0 Å². The monoisotopic (exact) mass is 572 g/mol. The largest absolute Gasteiger partial charge is 0.481 e. The van der Waals surface area contributed by atoms with Crippen molar-refractivity contribution in [1.29, 1.82) is 0 Å². The number of carbonyl (C=O) groups is 1. The molecule has 1 aliphatic carbocycles. The van der Waals surface area contributed by atoms with Crippen molar-refractivity contribution in [2.45, 2.75) is 38.0 Å². The van der Waals surface area contributed by atoms with Gasteiger partial charge in [0.05, 0.1) is 17.2 Å². The van der Waals surface area contributed by atoms with Gasteiger partial charge in [0.25, 0.3) is 0 Å². The van der Waals surface area contributed by atoms with E-state index in [1.54, 1.807) is 6.20 Å². The number of pyridine rings is 2. The van der Waals surface area contributed by atoms with Gasteiger partial charge in [-0.25, -0.2) is 15.0 Å². The minimum absolute atomic E-state index is 0.149. The number of carboxylic acids is 1. The van der Waals surface area contributed by atoms with E-state index in [1.165, 1.54) is 5.56 Å². The smallest absolute Gasteiger partial charge is 0.306 e. The van der Waals surface area contributed by atoms with Crippen molar-refractivity contribution in [3.8, 4) is 28.3 Å². The second-order valence-electron chi connectivity index (χ2n) is 12.0. The van der Waals surface area contributed by atoms with Gasteiger partial charge in [0.15, 0.2) is 11.5 Å². The maximum atomic E-state index is 11.3. The summed E-state index contributed by atoms with van der Waals surface area (Å²) in [6, 6.07) is 26.9. The van der Waals surface area contributed by atoms with Crippen LogP contribution in [0.1, 0.15) is 43.6 Å². The van der Waals surface area contributed by atoms with Gasteiger partial charge in [0, 0.05) is 30.5 Å². The molecule has 1 atom stereocenters. The van der Waals surface area contributed by atoms with Gasteiger partial charge < -0.3 is 15.7 Å². The zero-order chi connectivity index (χ0) is 29.3. The Bertz CT molecular complexity index is 1740. The summed E-state index contributed by atoms with van der Waals surface area (Å²) in [4.78, 5) is 28.3. The molecule has 43 heavy (non-hydrogen) atoms. The number of aromatic nitrogens is 4. The van der Waals surface area contributed by atoms with Crippen LogP contribution in [0.25, 0.3) is 39.5 Å². The molecule has 0 spiro atoms. The molecule has 8 nitrogen and oxygen atoms in total. The van der Waals surface area contributed by atoms with E-state index in [1.807, 2.05) is 42.5 Å².